The van der Waals surface area contributed by atoms with Crippen molar-refractivity contribution in [1.82, 2.24) is 9.88 Å². The zero-order valence-electron chi connectivity index (χ0n) is 18.7. The summed E-state index contributed by atoms with van der Waals surface area (Å²) in [5, 5.41) is 5.48. The molecule has 1 fully saturated rings. The summed E-state index contributed by atoms with van der Waals surface area (Å²) in [6.45, 7) is 2.58. The topological polar surface area (TPSA) is 71.4 Å². The lowest BCUT2D eigenvalue weighted by atomic mass is 10.1. The molecule has 0 spiro atoms. The average Bonchev–Trinajstić information content (AvgIpc) is 3.53. The minimum Gasteiger partial charge on any atom is -0.350 e. The number of nitrogens with one attached hydrogen (secondary N) is 1. The largest absolute Gasteiger partial charge is 0.350 e. The highest BCUT2D eigenvalue weighted by Gasteiger charge is 2.36. The van der Waals surface area contributed by atoms with Crippen LogP contribution in [0.4, 0.5) is 10.5 Å². The quantitative estimate of drug-likeness (QED) is 0.277. The van der Waals surface area contributed by atoms with Gasteiger partial charge in [-0.15, -0.1) is 11.3 Å². The van der Waals surface area contributed by atoms with Crippen molar-refractivity contribution in [3.05, 3.63) is 91.6 Å². The minimum absolute atomic E-state index is 0.107. The van der Waals surface area contributed by atoms with Gasteiger partial charge < -0.3 is 9.88 Å². The summed E-state index contributed by atoms with van der Waals surface area (Å²) in [6, 6.07) is 17.0. The lowest BCUT2D eigenvalue weighted by molar-refractivity contribution is -0.121. The molecule has 1 N–H and O–H groups in total. The molecule has 1 aliphatic rings. The van der Waals surface area contributed by atoms with Crippen molar-refractivity contribution >= 4 is 78.7 Å². The molecule has 35 heavy (non-hydrogen) atoms. The van der Waals surface area contributed by atoms with Gasteiger partial charge >= 0.3 is 0 Å². The average molecular weight is 567 g/mol. The van der Waals surface area contributed by atoms with Gasteiger partial charge in [0.25, 0.3) is 11.1 Å². The molecular weight excluding hydrogens is 546 g/mol. The molecule has 0 unspecified atom stereocenters. The zero-order valence-corrected chi connectivity index (χ0v) is 21.9. The predicted octanol–water partition coefficient (Wildman–Crippen LogP) is 6.33. The summed E-state index contributed by atoms with van der Waals surface area (Å²) in [7, 11) is 0. The highest BCUT2D eigenvalue weighted by atomic mass is 79.9. The third-order valence-electron chi connectivity index (χ3n) is 5.60. The van der Waals surface area contributed by atoms with Crippen LogP contribution < -0.4 is 10.2 Å². The highest BCUT2D eigenvalue weighted by Crippen LogP contribution is 2.37. The molecule has 5 rings (SSSR count). The first-order valence-corrected chi connectivity index (χ1v) is 13.3. The Bertz CT molecular complexity index is 1470. The first kappa shape index (κ1) is 23.6. The number of thioether (sulfide) groups is 1. The number of amides is 3. The van der Waals surface area contributed by atoms with E-state index in [0.717, 1.165) is 43.1 Å². The molecule has 0 bridgehead atoms. The number of benzene rings is 2. The van der Waals surface area contributed by atoms with Gasteiger partial charge in [0.05, 0.1) is 17.1 Å². The number of fused-ring (bicyclic) bond motifs is 1. The molecule has 1 aliphatic heterocycles. The zero-order chi connectivity index (χ0) is 24.5. The van der Waals surface area contributed by atoms with Gasteiger partial charge in [0.15, 0.2) is 0 Å². The molecule has 4 aromatic rings. The van der Waals surface area contributed by atoms with Crippen molar-refractivity contribution in [1.29, 1.82) is 0 Å². The van der Waals surface area contributed by atoms with E-state index in [-0.39, 0.29) is 23.6 Å². The first-order chi connectivity index (χ1) is 16.9. The van der Waals surface area contributed by atoms with Crippen LogP contribution in [-0.4, -0.2) is 21.6 Å². The SMILES string of the molecule is Cc1ccc(N2C(=O)S/C(=C\c3cn(CC(=O)NCc4cccs4)c4ccc(Br)cc34)C2=O)cc1. The summed E-state index contributed by atoms with van der Waals surface area (Å²) in [4.78, 5) is 41.1. The lowest BCUT2D eigenvalue weighted by Gasteiger charge is -2.12. The van der Waals surface area contributed by atoms with Crippen LogP contribution in [0.1, 0.15) is 16.0 Å². The second kappa shape index (κ2) is 9.85. The fourth-order valence-corrected chi connectivity index (χ4v) is 5.72. The Morgan fingerprint density at radius 2 is 1.91 bits per heavy atom. The van der Waals surface area contributed by atoms with Crippen LogP contribution in [0.3, 0.4) is 0 Å². The van der Waals surface area contributed by atoms with Crippen molar-refractivity contribution in [2.24, 2.45) is 0 Å². The second-order valence-electron chi connectivity index (χ2n) is 8.08. The normalized spacial score (nSPS) is 14.9. The van der Waals surface area contributed by atoms with Crippen LogP contribution in [0.15, 0.2) is 75.6 Å². The van der Waals surface area contributed by atoms with Gasteiger partial charge in [-0.2, -0.15) is 0 Å². The smallest absolute Gasteiger partial charge is 0.298 e. The summed E-state index contributed by atoms with van der Waals surface area (Å²) in [5.41, 5.74) is 3.23. The molecule has 176 valence electrons. The third kappa shape index (κ3) is 4.98. The number of hydrogen-bond acceptors (Lipinski definition) is 5. The Hall–Kier alpha value is -3.14. The maximum Gasteiger partial charge on any atom is 0.298 e. The van der Waals surface area contributed by atoms with Gasteiger partial charge in [0.1, 0.15) is 6.54 Å². The summed E-state index contributed by atoms with van der Waals surface area (Å²) < 4.78 is 2.74. The van der Waals surface area contributed by atoms with Gasteiger partial charge in [-0.1, -0.05) is 39.7 Å². The number of carbonyl (C=O) groups is 3. The molecule has 0 atom stereocenters. The van der Waals surface area contributed by atoms with E-state index in [0.29, 0.717) is 17.1 Å². The number of rotatable bonds is 6. The minimum atomic E-state index is -0.353. The molecule has 0 aliphatic carbocycles. The van der Waals surface area contributed by atoms with Gasteiger partial charge in [-0.25, -0.2) is 4.90 Å². The molecule has 1 saturated heterocycles. The van der Waals surface area contributed by atoms with E-state index in [1.807, 2.05) is 65.5 Å². The van der Waals surface area contributed by atoms with Crippen LogP contribution in [0.25, 0.3) is 17.0 Å². The van der Waals surface area contributed by atoms with E-state index < -0.39 is 0 Å². The number of imide groups is 1. The van der Waals surface area contributed by atoms with E-state index >= 15 is 0 Å². The van der Waals surface area contributed by atoms with Crippen molar-refractivity contribution in [3.63, 3.8) is 0 Å². The van der Waals surface area contributed by atoms with Crippen molar-refractivity contribution < 1.29 is 14.4 Å². The molecule has 3 amide bonds. The Morgan fingerprint density at radius 1 is 1.11 bits per heavy atom. The standard InChI is InChI=1S/C26H20BrN3O3S2/c1-16-4-7-19(8-5-16)30-25(32)23(35-26(30)33)11-17-14-29(22-9-6-18(27)12-21(17)22)15-24(31)28-13-20-3-2-10-34-20/h2-12,14H,13,15H2,1H3,(H,28,31)/b23-11-. The Balaban J connectivity index is 1.43. The molecule has 2 aromatic heterocycles. The third-order valence-corrected chi connectivity index (χ3v) is 7.84. The van der Waals surface area contributed by atoms with Crippen LogP contribution in [0.5, 0.6) is 0 Å². The maximum absolute atomic E-state index is 13.1. The number of aromatic nitrogens is 1. The van der Waals surface area contributed by atoms with Gasteiger partial charge in [-0.3, -0.25) is 14.4 Å². The Kier molecular flexibility index (Phi) is 6.64. The number of anilines is 1. The summed E-state index contributed by atoms with van der Waals surface area (Å²) in [5.74, 6) is -0.460. The highest BCUT2D eigenvalue weighted by molar-refractivity contribution is 9.10. The first-order valence-electron chi connectivity index (χ1n) is 10.8. The van der Waals surface area contributed by atoms with Gasteiger partial charge in [0, 0.05) is 32.0 Å². The van der Waals surface area contributed by atoms with E-state index in [9.17, 15) is 14.4 Å². The Labute approximate surface area is 218 Å². The number of aryl methyl sites for hydroxylation is 1. The number of carbonyl (C=O) groups excluding carboxylic acids is 3. The molecular formula is C26H20BrN3O3S2. The van der Waals surface area contributed by atoms with E-state index in [2.05, 4.69) is 21.2 Å². The summed E-state index contributed by atoms with van der Waals surface area (Å²) in [6.07, 6.45) is 3.58. The molecule has 9 heteroatoms. The maximum atomic E-state index is 13.1. The molecule has 6 nitrogen and oxygen atoms in total. The van der Waals surface area contributed by atoms with E-state index in [1.165, 1.54) is 4.90 Å². The lowest BCUT2D eigenvalue weighted by Crippen LogP contribution is -2.27. The number of nitrogens with zero attached hydrogens (tertiary/aromatic N) is 2. The molecule has 3 heterocycles. The molecule has 2 aromatic carbocycles. The fraction of sp³-hybridized carbons (Fsp3) is 0.115. The summed E-state index contributed by atoms with van der Waals surface area (Å²) >= 11 is 6.03. The van der Waals surface area contributed by atoms with Crippen LogP contribution in [0, 0.1) is 6.92 Å². The van der Waals surface area contributed by atoms with E-state index in [1.54, 1.807) is 29.5 Å². The predicted molar refractivity (Wildman–Crippen MR) is 145 cm³/mol. The second-order valence-corrected chi connectivity index (χ2v) is 11.0. The van der Waals surface area contributed by atoms with Crippen molar-refractivity contribution in [2.45, 2.75) is 20.0 Å². The Morgan fingerprint density at radius 3 is 2.66 bits per heavy atom. The van der Waals surface area contributed by atoms with Crippen molar-refractivity contribution in [3.8, 4) is 0 Å². The monoisotopic (exact) mass is 565 g/mol. The van der Waals surface area contributed by atoms with Gasteiger partial charge in [0.2, 0.25) is 5.91 Å². The van der Waals surface area contributed by atoms with Crippen LogP contribution in [-0.2, 0) is 22.7 Å². The number of thiophene rings is 1. The van der Waals surface area contributed by atoms with Crippen molar-refractivity contribution in [2.75, 3.05) is 4.90 Å². The molecule has 0 radical (unpaired) electrons. The number of halogens is 1. The fourth-order valence-electron chi connectivity index (χ4n) is 3.88. The number of hydrogen-bond donors (Lipinski definition) is 1. The molecule has 0 saturated carbocycles. The van der Waals surface area contributed by atoms with Crippen LogP contribution >= 0.6 is 39.0 Å². The van der Waals surface area contributed by atoms with Crippen LogP contribution in [0.2, 0.25) is 0 Å². The van der Waals surface area contributed by atoms with Gasteiger partial charge in [-0.05, 0) is 66.5 Å². The van der Waals surface area contributed by atoms with E-state index in [4.69, 9.17) is 0 Å².